The number of carbonyl (C=O) groups excluding carboxylic acids is 1. The molecule has 0 aliphatic carbocycles. The van der Waals surface area contributed by atoms with Crippen molar-refractivity contribution in [1.82, 2.24) is 0 Å². The second-order valence-electron chi connectivity index (χ2n) is 4.26. The van der Waals surface area contributed by atoms with Crippen LogP contribution in [0.1, 0.15) is 47.0 Å². The molecule has 0 rings (SSSR count). The summed E-state index contributed by atoms with van der Waals surface area (Å²) >= 11 is 0. The van der Waals surface area contributed by atoms with Crippen molar-refractivity contribution in [3.05, 3.63) is 17.9 Å². The van der Waals surface area contributed by atoms with E-state index in [-0.39, 0.29) is 5.97 Å². The zero-order chi connectivity index (χ0) is 11.2. The van der Waals surface area contributed by atoms with Gasteiger partial charge in [-0.3, -0.25) is 0 Å². The molecule has 0 aromatic heterocycles. The Morgan fingerprint density at radius 3 is 2.36 bits per heavy atom. The Bertz CT molecular complexity index is 240. The molecular weight excluding hydrogens is 176 g/mol. The van der Waals surface area contributed by atoms with Crippen LogP contribution in [-0.4, -0.2) is 11.6 Å². The third-order valence-corrected chi connectivity index (χ3v) is 1.64. The van der Waals surface area contributed by atoms with Gasteiger partial charge in [0.15, 0.2) is 0 Å². The molecule has 0 bridgehead atoms. The Hall–Kier alpha value is -1.01. The minimum absolute atomic E-state index is 0.291. The number of hydrogen-bond acceptors (Lipinski definition) is 2. The zero-order valence-corrected chi connectivity index (χ0v) is 9.64. The molecule has 2 heteroatoms. The van der Waals surface area contributed by atoms with Gasteiger partial charge in [0.2, 0.25) is 0 Å². The molecule has 0 fully saturated rings. The van der Waals surface area contributed by atoms with E-state index >= 15 is 0 Å². The second-order valence-corrected chi connectivity index (χ2v) is 4.26. The average Bonchev–Trinajstić information content (AvgIpc) is 2.02. The Kier molecular flexibility index (Phi) is 5.26. The maximum absolute atomic E-state index is 11.5. The van der Waals surface area contributed by atoms with Crippen LogP contribution in [0.3, 0.4) is 0 Å². The van der Waals surface area contributed by atoms with Crippen molar-refractivity contribution >= 4 is 5.97 Å². The fraction of sp³-hybridized carbons (Fsp3) is 0.667. The van der Waals surface area contributed by atoms with Crippen molar-refractivity contribution < 1.29 is 9.53 Å². The molecule has 80 valence electrons. The van der Waals surface area contributed by atoms with E-state index in [1.807, 2.05) is 20.8 Å². The lowest BCUT2D eigenvalue weighted by atomic mass is 10.1. The van der Waals surface area contributed by atoms with Gasteiger partial charge >= 0.3 is 5.97 Å². The van der Waals surface area contributed by atoms with Crippen molar-refractivity contribution in [2.24, 2.45) is 0 Å². The van der Waals surface area contributed by atoms with Crippen LogP contribution in [-0.2, 0) is 9.53 Å². The predicted molar refractivity (Wildman–Crippen MR) is 58.0 cm³/mol. The summed E-state index contributed by atoms with van der Waals surface area (Å²) in [6.45, 7) is 11.1. The van der Waals surface area contributed by atoms with Gasteiger partial charge in [-0.05, 0) is 33.6 Å². The molecule has 0 atom stereocenters. The van der Waals surface area contributed by atoms with Gasteiger partial charge in [0.25, 0.3) is 0 Å². The maximum Gasteiger partial charge on any atom is 0.342 e. The van der Waals surface area contributed by atoms with E-state index in [1.165, 1.54) is 0 Å². The van der Waals surface area contributed by atoms with E-state index in [9.17, 15) is 4.79 Å². The quantitative estimate of drug-likeness (QED) is 0.392. The van der Waals surface area contributed by atoms with Gasteiger partial charge in [0.1, 0.15) is 5.60 Å². The lowest BCUT2D eigenvalue weighted by Gasteiger charge is -2.19. The average molecular weight is 196 g/mol. The summed E-state index contributed by atoms with van der Waals surface area (Å²) in [7, 11) is 0. The molecule has 2 nitrogen and oxygen atoms in total. The molecule has 0 amide bonds. The predicted octanol–water partition coefficient (Wildman–Crippen LogP) is 3.23. The highest BCUT2D eigenvalue weighted by Gasteiger charge is 2.18. The minimum atomic E-state index is -0.439. The SMILES string of the molecule is C=C=C(CCCC)C(=O)OC(C)(C)C. The summed E-state index contributed by atoms with van der Waals surface area (Å²) in [5.41, 5.74) is 2.77. The van der Waals surface area contributed by atoms with Crippen LogP contribution in [0.5, 0.6) is 0 Å². The normalized spacial score (nSPS) is 10.6. The first-order valence-corrected chi connectivity index (χ1v) is 5.03. The van der Waals surface area contributed by atoms with Crippen molar-refractivity contribution in [2.45, 2.75) is 52.6 Å². The number of hydrogen-bond donors (Lipinski definition) is 0. The zero-order valence-electron chi connectivity index (χ0n) is 9.64. The first kappa shape index (κ1) is 13.0. The standard InChI is InChI=1S/C12H20O2/c1-6-8-9-10(7-2)11(13)14-12(3,4)5/h2,6,8-9H2,1,3-5H3. The molecule has 14 heavy (non-hydrogen) atoms. The molecule has 0 N–H and O–H groups in total. The van der Waals surface area contributed by atoms with Crippen LogP contribution in [0.15, 0.2) is 17.9 Å². The van der Waals surface area contributed by atoms with Gasteiger partial charge in [-0.15, -0.1) is 5.73 Å². The molecule has 0 unspecified atom stereocenters. The first-order chi connectivity index (χ1) is 6.40. The molecular formula is C12H20O2. The molecule has 0 aliphatic rings. The van der Waals surface area contributed by atoms with E-state index in [2.05, 4.69) is 19.2 Å². The van der Waals surface area contributed by atoms with Crippen molar-refractivity contribution in [2.75, 3.05) is 0 Å². The molecule has 0 heterocycles. The fourth-order valence-corrected chi connectivity index (χ4v) is 0.956. The third-order valence-electron chi connectivity index (χ3n) is 1.64. The van der Waals surface area contributed by atoms with E-state index in [0.29, 0.717) is 12.0 Å². The molecule has 0 spiro atoms. The number of ether oxygens (including phenoxy) is 1. The van der Waals surface area contributed by atoms with Crippen LogP contribution < -0.4 is 0 Å². The summed E-state index contributed by atoms with van der Waals surface area (Å²) in [5, 5.41) is 0. The van der Waals surface area contributed by atoms with Gasteiger partial charge in [0.05, 0.1) is 5.57 Å². The Labute approximate surface area is 86.6 Å². The highest BCUT2D eigenvalue weighted by atomic mass is 16.6. The molecule has 0 saturated carbocycles. The highest BCUT2D eigenvalue weighted by Crippen LogP contribution is 2.14. The summed E-state index contributed by atoms with van der Waals surface area (Å²) in [6.07, 6.45) is 2.72. The largest absolute Gasteiger partial charge is 0.456 e. The summed E-state index contributed by atoms with van der Waals surface area (Å²) in [4.78, 5) is 11.5. The number of carbonyl (C=O) groups is 1. The van der Waals surface area contributed by atoms with Crippen molar-refractivity contribution in [1.29, 1.82) is 0 Å². The van der Waals surface area contributed by atoms with Gasteiger partial charge < -0.3 is 4.74 Å². The van der Waals surface area contributed by atoms with Gasteiger partial charge in [-0.1, -0.05) is 19.9 Å². The summed E-state index contributed by atoms with van der Waals surface area (Å²) in [6, 6.07) is 0. The van der Waals surface area contributed by atoms with Crippen LogP contribution in [0.4, 0.5) is 0 Å². The van der Waals surface area contributed by atoms with Crippen molar-refractivity contribution in [3.63, 3.8) is 0 Å². The monoisotopic (exact) mass is 196 g/mol. The lowest BCUT2D eigenvalue weighted by Crippen LogP contribution is -2.24. The van der Waals surface area contributed by atoms with E-state index in [0.717, 1.165) is 12.8 Å². The Balaban J connectivity index is 4.28. The lowest BCUT2D eigenvalue weighted by molar-refractivity contribution is -0.150. The molecule has 0 aliphatic heterocycles. The summed E-state index contributed by atoms with van der Waals surface area (Å²) in [5.74, 6) is -0.291. The van der Waals surface area contributed by atoms with Gasteiger partial charge in [-0.25, -0.2) is 4.79 Å². The number of esters is 1. The Morgan fingerprint density at radius 2 is 2.00 bits per heavy atom. The minimum Gasteiger partial charge on any atom is -0.456 e. The van der Waals surface area contributed by atoms with Crippen LogP contribution in [0.25, 0.3) is 0 Å². The van der Waals surface area contributed by atoms with Crippen LogP contribution in [0.2, 0.25) is 0 Å². The fourth-order valence-electron chi connectivity index (χ4n) is 0.956. The maximum atomic E-state index is 11.5. The number of unbranched alkanes of at least 4 members (excludes halogenated alkanes) is 1. The third kappa shape index (κ3) is 5.60. The molecule has 0 saturated heterocycles. The van der Waals surface area contributed by atoms with Crippen molar-refractivity contribution in [3.8, 4) is 0 Å². The molecule has 0 radical (unpaired) electrons. The smallest absolute Gasteiger partial charge is 0.342 e. The molecule has 0 aromatic rings. The van der Waals surface area contributed by atoms with Gasteiger partial charge in [-0.2, -0.15) is 0 Å². The number of rotatable bonds is 4. The van der Waals surface area contributed by atoms with E-state index < -0.39 is 5.60 Å². The second kappa shape index (κ2) is 5.66. The van der Waals surface area contributed by atoms with E-state index in [4.69, 9.17) is 4.74 Å². The Morgan fingerprint density at radius 1 is 1.43 bits per heavy atom. The van der Waals surface area contributed by atoms with Gasteiger partial charge in [0, 0.05) is 0 Å². The highest BCUT2D eigenvalue weighted by molar-refractivity contribution is 5.88. The van der Waals surface area contributed by atoms with Crippen LogP contribution in [0, 0.1) is 0 Å². The summed E-state index contributed by atoms with van der Waals surface area (Å²) < 4.78 is 5.21. The molecule has 0 aromatic carbocycles. The first-order valence-electron chi connectivity index (χ1n) is 5.03. The van der Waals surface area contributed by atoms with E-state index in [1.54, 1.807) is 0 Å². The topological polar surface area (TPSA) is 26.3 Å². The van der Waals surface area contributed by atoms with Crippen LogP contribution >= 0.6 is 0 Å².